The lowest BCUT2D eigenvalue weighted by atomic mass is 9.82. The van der Waals surface area contributed by atoms with Gasteiger partial charge in [-0.25, -0.2) is 9.07 Å². The highest BCUT2D eigenvalue weighted by atomic mass is 19.1. The van der Waals surface area contributed by atoms with Gasteiger partial charge in [0.1, 0.15) is 5.82 Å². The number of anilines is 1. The van der Waals surface area contributed by atoms with E-state index in [9.17, 15) is 9.18 Å². The number of rotatable bonds is 6. The Balaban J connectivity index is 1.40. The average Bonchev–Trinajstić information content (AvgIpc) is 3.58. The normalized spacial score (nSPS) is 18.9. The summed E-state index contributed by atoms with van der Waals surface area (Å²) in [6.07, 6.45) is 3.70. The number of nitrogens with zero attached hydrogens (tertiary/aromatic N) is 5. The zero-order chi connectivity index (χ0) is 26.4. The molecule has 0 aliphatic carbocycles. The van der Waals surface area contributed by atoms with E-state index in [0.717, 1.165) is 33.5 Å². The minimum Gasteiger partial charge on any atom is -0.305 e. The highest BCUT2D eigenvalue weighted by molar-refractivity contribution is 6.03. The molecule has 0 saturated carbocycles. The molecule has 1 aliphatic rings. The fraction of sp³-hybridized carbons (Fsp3) is 0.233. The van der Waals surface area contributed by atoms with Crippen molar-refractivity contribution >= 4 is 22.5 Å². The van der Waals surface area contributed by atoms with Gasteiger partial charge in [0.2, 0.25) is 5.91 Å². The van der Waals surface area contributed by atoms with Gasteiger partial charge in [0, 0.05) is 36.9 Å². The van der Waals surface area contributed by atoms with Crippen LogP contribution in [0.2, 0.25) is 0 Å². The molecule has 3 aromatic carbocycles. The van der Waals surface area contributed by atoms with Crippen LogP contribution in [0.1, 0.15) is 31.1 Å². The van der Waals surface area contributed by atoms with Gasteiger partial charge in [0.15, 0.2) is 0 Å². The zero-order valence-corrected chi connectivity index (χ0v) is 21.5. The molecule has 8 heteroatoms. The summed E-state index contributed by atoms with van der Waals surface area (Å²) in [5.74, 6) is -0.240. The largest absolute Gasteiger partial charge is 0.305 e. The van der Waals surface area contributed by atoms with E-state index in [1.165, 1.54) is 12.1 Å². The van der Waals surface area contributed by atoms with Crippen LogP contribution in [0.15, 0.2) is 91.3 Å². The van der Waals surface area contributed by atoms with Crippen molar-refractivity contribution < 1.29 is 9.18 Å². The summed E-state index contributed by atoms with van der Waals surface area (Å²) in [6, 6.07) is 24.0. The van der Waals surface area contributed by atoms with Crippen molar-refractivity contribution in [3.63, 3.8) is 0 Å². The third-order valence-corrected chi connectivity index (χ3v) is 7.46. The summed E-state index contributed by atoms with van der Waals surface area (Å²) >= 11 is 0. The van der Waals surface area contributed by atoms with Crippen LogP contribution in [0, 0.1) is 11.2 Å². The molecular formula is C30H29FN6O. The number of halogens is 1. The monoisotopic (exact) mass is 508 g/mol. The molecule has 192 valence electrons. The third-order valence-electron chi connectivity index (χ3n) is 7.46. The number of aryl methyl sites for hydroxylation is 1. The molecule has 1 N–H and O–H groups in total. The maximum Gasteiger partial charge on any atom is 0.234 e. The maximum absolute atomic E-state index is 14.0. The fourth-order valence-electron chi connectivity index (χ4n) is 5.48. The molecule has 0 spiro atoms. The molecule has 3 heterocycles. The first-order valence-corrected chi connectivity index (χ1v) is 12.7. The summed E-state index contributed by atoms with van der Waals surface area (Å²) in [7, 11) is 1.90. The fourth-order valence-corrected chi connectivity index (χ4v) is 5.48. The van der Waals surface area contributed by atoms with E-state index in [1.807, 2.05) is 74.5 Å². The van der Waals surface area contributed by atoms with Crippen molar-refractivity contribution in [3.05, 3.63) is 108 Å². The molecule has 1 amide bonds. The minimum atomic E-state index is -0.664. The van der Waals surface area contributed by atoms with E-state index in [2.05, 4.69) is 27.6 Å². The number of hydrogen-bond donors (Lipinski definition) is 1. The van der Waals surface area contributed by atoms with E-state index in [4.69, 9.17) is 0 Å². The molecular weight excluding hydrogens is 479 g/mol. The van der Waals surface area contributed by atoms with E-state index < -0.39 is 5.41 Å². The molecule has 1 aliphatic heterocycles. The molecule has 2 aromatic heterocycles. The maximum atomic E-state index is 14.0. The first kappa shape index (κ1) is 24.1. The number of fused-ring (bicyclic) bond motifs is 1. The molecule has 0 radical (unpaired) electrons. The molecule has 38 heavy (non-hydrogen) atoms. The van der Waals surface area contributed by atoms with Crippen LogP contribution in [0.5, 0.6) is 0 Å². The standard InChI is InChI=1S/C30H29FN6O/c1-30(2)28(32-19-23-15-16-35(3)34-23)27(20-7-5-4-6-8-20)36(29(30)38)25-13-14-26-21(17-25)18-33-37(26)24-11-9-22(31)10-12-24/h4-18,27-28,32H,19H2,1-3H3/t27-,28?/m1/s1. The second kappa shape index (κ2) is 9.22. The van der Waals surface area contributed by atoms with Crippen molar-refractivity contribution in [2.24, 2.45) is 12.5 Å². The van der Waals surface area contributed by atoms with Gasteiger partial charge >= 0.3 is 0 Å². The minimum absolute atomic E-state index is 0.0511. The lowest BCUT2D eigenvalue weighted by Gasteiger charge is -2.31. The molecule has 2 atom stereocenters. The second-order valence-corrected chi connectivity index (χ2v) is 10.4. The van der Waals surface area contributed by atoms with Crippen LogP contribution >= 0.6 is 0 Å². The molecule has 6 rings (SSSR count). The van der Waals surface area contributed by atoms with E-state index in [1.54, 1.807) is 27.7 Å². The van der Waals surface area contributed by atoms with Gasteiger partial charge in [0.05, 0.1) is 34.6 Å². The molecule has 0 bridgehead atoms. The quantitative estimate of drug-likeness (QED) is 0.344. The summed E-state index contributed by atoms with van der Waals surface area (Å²) in [4.78, 5) is 16.0. The Hall–Kier alpha value is -4.30. The molecule has 1 unspecified atom stereocenters. The number of benzene rings is 3. The smallest absolute Gasteiger partial charge is 0.234 e. The van der Waals surface area contributed by atoms with Crippen molar-refractivity contribution in [2.45, 2.75) is 32.5 Å². The lowest BCUT2D eigenvalue weighted by molar-refractivity contribution is -0.124. The van der Waals surface area contributed by atoms with Gasteiger partial charge in [-0.05, 0) is 67.9 Å². The third kappa shape index (κ3) is 4.07. The number of aromatic nitrogens is 4. The van der Waals surface area contributed by atoms with Crippen molar-refractivity contribution in [1.82, 2.24) is 24.9 Å². The zero-order valence-electron chi connectivity index (χ0n) is 21.5. The van der Waals surface area contributed by atoms with Crippen LogP contribution in [-0.4, -0.2) is 31.5 Å². The first-order chi connectivity index (χ1) is 18.3. The van der Waals surface area contributed by atoms with E-state index in [-0.39, 0.29) is 23.8 Å². The van der Waals surface area contributed by atoms with E-state index in [0.29, 0.717) is 6.54 Å². The predicted molar refractivity (Wildman–Crippen MR) is 145 cm³/mol. The highest BCUT2D eigenvalue weighted by Crippen LogP contribution is 2.47. The Labute approximate surface area is 220 Å². The first-order valence-electron chi connectivity index (χ1n) is 12.7. The van der Waals surface area contributed by atoms with Crippen LogP contribution in [0.4, 0.5) is 10.1 Å². The van der Waals surface area contributed by atoms with Gasteiger partial charge < -0.3 is 10.2 Å². The Morgan fingerprint density at radius 2 is 1.71 bits per heavy atom. The van der Waals surface area contributed by atoms with E-state index >= 15 is 0 Å². The average molecular weight is 509 g/mol. The van der Waals surface area contributed by atoms with Crippen LogP contribution < -0.4 is 10.2 Å². The summed E-state index contributed by atoms with van der Waals surface area (Å²) in [6.45, 7) is 4.57. The Kier molecular flexibility index (Phi) is 5.84. The Morgan fingerprint density at radius 3 is 2.42 bits per heavy atom. The summed E-state index contributed by atoms with van der Waals surface area (Å²) in [5.41, 5.74) is 3.79. The molecule has 5 aromatic rings. The number of nitrogens with one attached hydrogen (secondary N) is 1. The lowest BCUT2D eigenvalue weighted by Crippen LogP contribution is -2.43. The topological polar surface area (TPSA) is 68.0 Å². The highest BCUT2D eigenvalue weighted by Gasteiger charge is 2.54. The van der Waals surface area contributed by atoms with Gasteiger partial charge in [0.25, 0.3) is 0 Å². The van der Waals surface area contributed by atoms with Crippen LogP contribution in [-0.2, 0) is 18.4 Å². The van der Waals surface area contributed by atoms with Crippen molar-refractivity contribution in [3.8, 4) is 5.69 Å². The van der Waals surface area contributed by atoms with Gasteiger partial charge in [-0.15, -0.1) is 0 Å². The molecule has 1 fully saturated rings. The predicted octanol–water partition coefficient (Wildman–Crippen LogP) is 5.17. The van der Waals surface area contributed by atoms with Gasteiger partial charge in [-0.1, -0.05) is 30.3 Å². The summed E-state index contributed by atoms with van der Waals surface area (Å²) in [5, 5.41) is 13.6. The SMILES string of the molecule is Cn1ccc(CNC2[C@@H](c3ccccc3)N(c3ccc4c(cnn4-c4ccc(F)cc4)c3)C(=O)C2(C)C)n1. The van der Waals surface area contributed by atoms with Crippen molar-refractivity contribution in [1.29, 1.82) is 0 Å². The number of amides is 1. The van der Waals surface area contributed by atoms with Crippen molar-refractivity contribution in [2.75, 3.05) is 4.90 Å². The number of hydrogen-bond acceptors (Lipinski definition) is 4. The van der Waals surface area contributed by atoms with Gasteiger partial charge in [-0.2, -0.15) is 10.2 Å². The summed E-state index contributed by atoms with van der Waals surface area (Å²) < 4.78 is 17.0. The Bertz CT molecular complexity index is 1610. The Morgan fingerprint density at radius 1 is 0.974 bits per heavy atom. The number of carbonyl (C=O) groups excluding carboxylic acids is 1. The number of carbonyl (C=O) groups is 1. The van der Waals surface area contributed by atoms with Gasteiger partial charge in [-0.3, -0.25) is 9.48 Å². The molecule has 7 nitrogen and oxygen atoms in total. The molecule has 1 saturated heterocycles. The second-order valence-electron chi connectivity index (χ2n) is 10.4. The van der Waals surface area contributed by atoms with Crippen LogP contribution in [0.25, 0.3) is 16.6 Å². The van der Waals surface area contributed by atoms with Crippen LogP contribution in [0.3, 0.4) is 0 Å².